The van der Waals surface area contributed by atoms with Gasteiger partial charge in [-0.15, -0.1) is 0 Å². The number of carbonyl (C=O) groups excluding carboxylic acids is 2. The van der Waals surface area contributed by atoms with E-state index in [-0.39, 0.29) is 41.2 Å². The molecule has 0 aliphatic carbocycles. The molecule has 2 heterocycles. The minimum atomic E-state index is -1.14. The van der Waals surface area contributed by atoms with Crippen molar-refractivity contribution in [2.24, 2.45) is 0 Å². The fourth-order valence-corrected chi connectivity index (χ4v) is 6.15. The number of aliphatic hydroxyl groups is 1. The fourth-order valence-electron chi connectivity index (χ4n) is 6.15. The minimum Gasteiger partial charge on any atom is -0.497 e. The number of nitrogens with zero attached hydrogens (tertiary/aromatic N) is 1. The van der Waals surface area contributed by atoms with Crippen molar-refractivity contribution in [1.29, 1.82) is 0 Å². The molecule has 3 N–H and O–H groups in total. The van der Waals surface area contributed by atoms with Crippen LogP contribution in [0.2, 0.25) is 0 Å². The summed E-state index contributed by atoms with van der Waals surface area (Å²) in [6.45, 7) is 1.46. The van der Waals surface area contributed by atoms with Crippen LogP contribution in [0, 0.1) is 11.6 Å². The van der Waals surface area contributed by atoms with E-state index in [4.69, 9.17) is 14.2 Å². The molecule has 0 radical (unpaired) electrons. The SMILES string of the molecule is COC[C@H]1CCCN1C(=O)c1cc(OC)cc(C(=O)N[C@@H](Cc2cc(F)cc(F)c2)[C@H](O)[C@H]2C[C@@H](Oc3ccccc3)CN2)c1. The lowest BCUT2D eigenvalue weighted by Crippen LogP contribution is -2.52. The number of aliphatic hydroxyl groups excluding tert-OH is 1. The molecule has 45 heavy (non-hydrogen) atoms. The van der Waals surface area contributed by atoms with Crippen LogP contribution in [-0.4, -0.2) is 86.1 Å². The number of amides is 2. The van der Waals surface area contributed by atoms with Gasteiger partial charge in [0.1, 0.15) is 29.2 Å². The van der Waals surface area contributed by atoms with Crippen LogP contribution in [0.25, 0.3) is 0 Å². The number of ether oxygens (including phenoxy) is 3. The van der Waals surface area contributed by atoms with E-state index in [1.54, 1.807) is 18.1 Å². The van der Waals surface area contributed by atoms with Gasteiger partial charge in [-0.3, -0.25) is 9.59 Å². The smallest absolute Gasteiger partial charge is 0.254 e. The highest BCUT2D eigenvalue weighted by atomic mass is 19.1. The maximum absolute atomic E-state index is 14.1. The molecular formula is C34H39F2N3O6. The first kappa shape index (κ1) is 32.3. The summed E-state index contributed by atoms with van der Waals surface area (Å²) in [6.07, 6.45) is 0.695. The lowest BCUT2D eigenvalue weighted by atomic mass is 9.94. The third-order valence-electron chi connectivity index (χ3n) is 8.34. The lowest BCUT2D eigenvalue weighted by Gasteiger charge is -2.29. The highest BCUT2D eigenvalue weighted by Gasteiger charge is 2.36. The minimum absolute atomic E-state index is 0.0494. The summed E-state index contributed by atoms with van der Waals surface area (Å²) < 4.78 is 44.9. The zero-order chi connectivity index (χ0) is 31.9. The standard InChI is InChI=1S/C34H39F2N3O6/c1-43-20-26-7-6-10-39(26)34(42)23-14-22(15-28(16-23)44-2)33(41)38-31(13-21-11-24(35)17-25(36)12-21)32(40)30-18-29(19-37-30)45-27-8-4-3-5-9-27/h3-5,8-9,11-12,14-17,26,29-32,37,40H,6-7,10,13,18-20H2,1-2H3,(H,38,41)/t26-,29-,30-,31+,32-/m1/s1. The predicted octanol–water partition coefficient (Wildman–Crippen LogP) is 3.74. The van der Waals surface area contributed by atoms with Gasteiger partial charge in [-0.05, 0) is 67.3 Å². The number of halogens is 2. The Morgan fingerprint density at radius 3 is 2.47 bits per heavy atom. The molecule has 240 valence electrons. The van der Waals surface area contributed by atoms with Gasteiger partial charge in [0.25, 0.3) is 11.8 Å². The van der Waals surface area contributed by atoms with Gasteiger partial charge in [-0.2, -0.15) is 0 Å². The Bertz CT molecular complexity index is 1460. The van der Waals surface area contributed by atoms with Crippen molar-refractivity contribution >= 4 is 11.8 Å². The number of likely N-dealkylation sites (tertiary alicyclic amines) is 1. The molecule has 2 saturated heterocycles. The molecule has 0 unspecified atom stereocenters. The van der Waals surface area contributed by atoms with Crippen molar-refractivity contribution < 1.29 is 37.7 Å². The van der Waals surface area contributed by atoms with Crippen molar-refractivity contribution in [3.63, 3.8) is 0 Å². The Balaban J connectivity index is 1.36. The summed E-state index contributed by atoms with van der Waals surface area (Å²) >= 11 is 0. The molecule has 3 aromatic rings. The second-order valence-corrected chi connectivity index (χ2v) is 11.6. The zero-order valence-electron chi connectivity index (χ0n) is 25.4. The van der Waals surface area contributed by atoms with Crippen LogP contribution in [0.4, 0.5) is 8.78 Å². The van der Waals surface area contributed by atoms with Gasteiger partial charge >= 0.3 is 0 Å². The summed E-state index contributed by atoms with van der Waals surface area (Å²) in [5.74, 6) is -1.32. The average molecular weight is 624 g/mol. The molecular weight excluding hydrogens is 584 g/mol. The highest BCUT2D eigenvalue weighted by molar-refractivity contribution is 6.00. The van der Waals surface area contributed by atoms with E-state index < -0.39 is 35.7 Å². The maximum Gasteiger partial charge on any atom is 0.254 e. The molecule has 0 spiro atoms. The van der Waals surface area contributed by atoms with Crippen LogP contribution in [0.5, 0.6) is 11.5 Å². The average Bonchev–Trinajstić information content (AvgIpc) is 3.70. The number of nitrogens with one attached hydrogen (secondary N) is 2. The van der Waals surface area contributed by atoms with Gasteiger partial charge in [-0.1, -0.05) is 18.2 Å². The van der Waals surface area contributed by atoms with Crippen LogP contribution in [0.15, 0.2) is 66.7 Å². The van der Waals surface area contributed by atoms with Crippen LogP contribution < -0.4 is 20.1 Å². The van der Waals surface area contributed by atoms with E-state index in [0.717, 1.165) is 18.9 Å². The number of hydrogen-bond donors (Lipinski definition) is 3. The van der Waals surface area contributed by atoms with Crippen molar-refractivity contribution in [2.75, 3.05) is 33.9 Å². The molecule has 2 aliphatic heterocycles. The monoisotopic (exact) mass is 623 g/mol. The normalized spacial score (nSPS) is 20.9. The number of hydrogen-bond acceptors (Lipinski definition) is 7. The Morgan fingerprint density at radius 1 is 1.02 bits per heavy atom. The Hall–Kier alpha value is -4.06. The molecule has 0 bridgehead atoms. The van der Waals surface area contributed by atoms with E-state index in [0.29, 0.717) is 37.6 Å². The van der Waals surface area contributed by atoms with Crippen molar-refractivity contribution in [3.8, 4) is 11.5 Å². The van der Waals surface area contributed by atoms with Gasteiger partial charge in [0.2, 0.25) is 0 Å². The van der Waals surface area contributed by atoms with E-state index >= 15 is 0 Å². The Labute approximate surface area is 261 Å². The predicted molar refractivity (Wildman–Crippen MR) is 164 cm³/mol. The molecule has 0 aromatic heterocycles. The molecule has 11 heteroatoms. The van der Waals surface area contributed by atoms with E-state index in [9.17, 15) is 23.5 Å². The van der Waals surface area contributed by atoms with Crippen LogP contribution in [-0.2, 0) is 11.2 Å². The van der Waals surface area contributed by atoms with Gasteiger partial charge in [-0.25, -0.2) is 8.78 Å². The Morgan fingerprint density at radius 2 is 1.76 bits per heavy atom. The Kier molecular flexibility index (Phi) is 10.6. The molecule has 5 rings (SSSR count). The molecule has 9 nitrogen and oxygen atoms in total. The second-order valence-electron chi connectivity index (χ2n) is 11.6. The number of para-hydroxylation sites is 1. The first-order valence-corrected chi connectivity index (χ1v) is 15.1. The number of methoxy groups -OCH3 is 2. The number of carbonyl (C=O) groups is 2. The summed E-state index contributed by atoms with van der Waals surface area (Å²) in [4.78, 5) is 29.0. The first-order chi connectivity index (χ1) is 21.7. The van der Waals surface area contributed by atoms with Crippen LogP contribution >= 0.6 is 0 Å². The summed E-state index contributed by atoms with van der Waals surface area (Å²) in [5.41, 5.74) is 0.698. The zero-order valence-corrected chi connectivity index (χ0v) is 25.4. The third kappa shape index (κ3) is 8.16. The third-order valence-corrected chi connectivity index (χ3v) is 8.34. The second kappa shape index (κ2) is 14.8. The summed E-state index contributed by atoms with van der Waals surface area (Å²) in [5, 5.41) is 17.7. The number of benzene rings is 3. The quantitative estimate of drug-likeness (QED) is 0.282. The molecule has 3 aromatic carbocycles. The van der Waals surface area contributed by atoms with Gasteiger partial charge in [0, 0.05) is 49.9 Å². The van der Waals surface area contributed by atoms with Crippen LogP contribution in [0.1, 0.15) is 45.5 Å². The first-order valence-electron chi connectivity index (χ1n) is 15.1. The van der Waals surface area contributed by atoms with E-state index in [1.807, 2.05) is 30.3 Å². The van der Waals surface area contributed by atoms with Gasteiger partial charge in [0.15, 0.2) is 0 Å². The van der Waals surface area contributed by atoms with Crippen LogP contribution in [0.3, 0.4) is 0 Å². The molecule has 2 fully saturated rings. The lowest BCUT2D eigenvalue weighted by molar-refractivity contribution is 0.0630. The van der Waals surface area contributed by atoms with E-state index in [1.165, 1.54) is 31.4 Å². The topological polar surface area (TPSA) is 109 Å². The van der Waals surface area contributed by atoms with Gasteiger partial charge < -0.3 is 34.9 Å². The van der Waals surface area contributed by atoms with Crippen molar-refractivity contribution in [3.05, 3.63) is 95.1 Å². The van der Waals surface area contributed by atoms with Gasteiger partial charge in [0.05, 0.1) is 31.9 Å². The fraction of sp³-hybridized carbons (Fsp3) is 0.412. The maximum atomic E-state index is 14.1. The van der Waals surface area contributed by atoms with Crippen molar-refractivity contribution in [2.45, 2.75) is 56.0 Å². The number of rotatable bonds is 12. The largest absolute Gasteiger partial charge is 0.497 e. The highest BCUT2D eigenvalue weighted by Crippen LogP contribution is 2.25. The molecule has 0 saturated carbocycles. The molecule has 2 amide bonds. The summed E-state index contributed by atoms with van der Waals surface area (Å²) in [6, 6.07) is 15.5. The molecule has 2 aliphatic rings. The molecule has 5 atom stereocenters. The van der Waals surface area contributed by atoms with E-state index in [2.05, 4.69) is 10.6 Å². The summed E-state index contributed by atoms with van der Waals surface area (Å²) in [7, 11) is 3.04. The van der Waals surface area contributed by atoms with Crippen molar-refractivity contribution in [1.82, 2.24) is 15.5 Å².